The molecule has 0 spiro atoms. The number of sulfonamides is 1. The van der Waals surface area contributed by atoms with Crippen LogP contribution in [-0.2, 0) is 26.2 Å². The largest absolute Gasteiger partial charge is 0.494 e. The Balaban J connectivity index is 2.03. The third-order valence-corrected chi connectivity index (χ3v) is 8.31. The maximum absolute atomic E-state index is 13.8. The van der Waals surface area contributed by atoms with E-state index in [1.54, 1.807) is 31.2 Å². The minimum absolute atomic E-state index is 0.0264. The number of rotatable bonds is 11. The van der Waals surface area contributed by atoms with E-state index in [0.717, 1.165) is 14.3 Å². The van der Waals surface area contributed by atoms with Crippen molar-refractivity contribution in [3.05, 3.63) is 87.9 Å². The van der Waals surface area contributed by atoms with Crippen LogP contribution in [-0.4, -0.2) is 51.4 Å². The third kappa shape index (κ3) is 7.27. The first-order valence-corrected chi connectivity index (χ1v) is 14.4. The van der Waals surface area contributed by atoms with Gasteiger partial charge in [0.1, 0.15) is 18.3 Å². The van der Waals surface area contributed by atoms with Crippen LogP contribution < -0.4 is 14.4 Å². The Morgan fingerprint density at radius 2 is 1.71 bits per heavy atom. The molecule has 3 rings (SSSR count). The summed E-state index contributed by atoms with van der Waals surface area (Å²) in [4.78, 5) is 27.6. The lowest BCUT2D eigenvalue weighted by atomic mass is 10.1. The monoisotopic (exact) mass is 621 g/mol. The van der Waals surface area contributed by atoms with E-state index in [4.69, 9.17) is 16.3 Å². The zero-order chi connectivity index (χ0) is 27.9. The summed E-state index contributed by atoms with van der Waals surface area (Å²) in [6, 6.07) is 18.6. The Hall–Kier alpha value is -3.08. The number of benzene rings is 3. The minimum Gasteiger partial charge on any atom is -0.494 e. The fourth-order valence-corrected chi connectivity index (χ4v) is 5.75. The SMILES string of the molecule is CCOc1ccc(N(CC(=O)N(Cc2cccc(Br)c2)[C@H](C)C(=O)NC)S(=O)(=O)c2ccc(Cl)cc2)cc1. The van der Waals surface area contributed by atoms with Gasteiger partial charge < -0.3 is 15.0 Å². The highest BCUT2D eigenvalue weighted by Crippen LogP contribution is 2.27. The lowest BCUT2D eigenvalue weighted by molar-refractivity contribution is -0.139. The number of nitrogens with one attached hydrogen (secondary N) is 1. The molecular weight excluding hydrogens is 594 g/mol. The van der Waals surface area contributed by atoms with Crippen LogP contribution in [0.3, 0.4) is 0 Å². The molecule has 0 aliphatic rings. The number of anilines is 1. The number of ether oxygens (including phenoxy) is 1. The molecule has 11 heteroatoms. The highest BCUT2D eigenvalue weighted by Gasteiger charge is 2.32. The first-order valence-electron chi connectivity index (χ1n) is 11.8. The van der Waals surface area contributed by atoms with Gasteiger partial charge in [0.05, 0.1) is 17.2 Å². The topological polar surface area (TPSA) is 96.0 Å². The van der Waals surface area contributed by atoms with Crippen LogP contribution in [0.5, 0.6) is 5.75 Å². The number of likely N-dealkylation sites (N-methyl/N-ethyl adjacent to an activating group) is 1. The molecule has 0 bridgehead atoms. The lowest BCUT2D eigenvalue weighted by Crippen LogP contribution is -2.50. The van der Waals surface area contributed by atoms with Crippen molar-refractivity contribution < 1.29 is 22.7 Å². The summed E-state index contributed by atoms with van der Waals surface area (Å²) in [6.45, 7) is 3.47. The van der Waals surface area contributed by atoms with Gasteiger partial charge in [0.15, 0.2) is 0 Å². The van der Waals surface area contributed by atoms with Gasteiger partial charge in [-0.25, -0.2) is 8.42 Å². The van der Waals surface area contributed by atoms with Crippen molar-refractivity contribution in [1.82, 2.24) is 10.2 Å². The number of amides is 2. The molecule has 1 N–H and O–H groups in total. The average Bonchev–Trinajstić information content (AvgIpc) is 2.90. The highest BCUT2D eigenvalue weighted by atomic mass is 79.9. The molecule has 0 aliphatic heterocycles. The quantitative estimate of drug-likeness (QED) is 0.330. The zero-order valence-electron chi connectivity index (χ0n) is 21.2. The van der Waals surface area contributed by atoms with Gasteiger partial charge >= 0.3 is 0 Å². The van der Waals surface area contributed by atoms with Crippen molar-refractivity contribution in [2.75, 3.05) is 24.5 Å². The van der Waals surface area contributed by atoms with Crippen LogP contribution in [0.15, 0.2) is 82.2 Å². The summed E-state index contributed by atoms with van der Waals surface area (Å²) in [5.74, 6) is -0.357. The summed E-state index contributed by atoms with van der Waals surface area (Å²) in [7, 11) is -2.69. The van der Waals surface area contributed by atoms with Gasteiger partial charge in [0.25, 0.3) is 10.0 Å². The first-order chi connectivity index (χ1) is 18.1. The van der Waals surface area contributed by atoms with Gasteiger partial charge in [-0.2, -0.15) is 0 Å². The van der Waals surface area contributed by atoms with E-state index in [-0.39, 0.29) is 23.0 Å². The van der Waals surface area contributed by atoms with Gasteiger partial charge in [-0.05, 0) is 80.1 Å². The lowest BCUT2D eigenvalue weighted by Gasteiger charge is -2.31. The standard InChI is InChI=1S/C27H29BrClN3O5S/c1-4-37-24-12-10-23(11-13-24)32(38(35,36)25-14-8-22(29)9-15-25)18-26(33)31(19(2)27(34)30-3)17-20-6-5-7-21(28)16-20/h5-16,19H,4,17-18H2,1-3H3,(H,30,34)/t19-/m1/s1. The molecule has 0 saturated heterocycles. The number of nitrogens with zero attached hydrogens (tertiary/aromatic N) is 2. The van der Waals surface area contributed by atoms with Gasteiger partial charge in [0, 0.05) is 23.1 Å². The highest BCUT2D eigenvalue weighted by molar-refractivity contribution is 9.10. The van der Waals surface area contributed by atoms with Crippen molar-refractivity contribution in [2.24, 2.45) is 0 Å². The van der Waals surface area contributed by atoms with Crippen molar-refractivity contribution in [1.29, 1.82) is 0 Å². The molecular formula is C27H29BrClN3O5S. The predicted molar refractivity (Wildman–Crippen MR) is 152 cm³/mol. The second-order valence-corrected chi connectivity index (χ2v) is 11.5. The molecule has 2 amide bonds. The second kappa shape index (κ2) is 13.1. The molecule has 0 saturated carbocycles. The molecule has 0 heterocycles. The van der Waals surface area contributed by atoms with E-state index in [0.29, 0.717) is 17.4 Å². The summed E-state index contributed by atoms with van der Waals surface area (Å²) in [6.07, 6.45) is 0. The summed E-state index contributed by atoms with van der Waals surface area (Å²) < 4.78 is 34.9. The maximum atomic E-state index is 13.8. The van der Waals surface area contributed by atoms with Crippen LogP contribution in [0.25, 0.3) is 0 Å². The Morgan fingerprint density at radius 1 is 1.05 bits per heavy atom. The number of hydrogen-bond donors (Lipinski definition) is 1. The number of carbonyl (C=O) groups excluding carboxylic acids is 2. The van der Waals surface area contributed by atoms with E-state index in [1.807, 2.05) is 31.2 Å². The van der Waals surface area contributed by atoms with E-state index in [1.165, 1.54) is 36.2 Å². The van der Waals surface area contributed by atoms with Crippen LogP contribution in [0, 0.1) is 0 Å². The van der Waals surface area contributed by atoms with E-state index >= 15 is 0 Å². The molecule has 0 aliphatic carbocycles. The molecule has 0 unspecified atom stereocenters. The Bertz CT molecular complexity index is 1370. The van der Waals surface area contributed by atoms with E-state index < -0.39 is 28.5 Å². The minimum atomic E-state index is -4.18. The predicted octanol–water partition coefficient (Wildman–Crippen LogP) is 4.86. The molecule has 0 radical (unpaired) electrons. The van der Waals surface area contributed by atoms with Gasteiger partial charge in [-0.15, -0.1) is 0 Å². The Morgan fingerprint density at radius 3 is 2.29 bits per heavy atom. The zero-order valence-corrected chi connectivity index (χ0v) is 24.4. The molecule has 38 heavy (non-hydrogen) atoms. The summed E-state index contributed by atoms with van der Waals surface area (Å²) in [5, 5.41) is 2.94. The Kier molecular flexibility index (Phi) is 10.2. The molecule has 0 aromatic heterocycles. The van der Waals surface area contributed by atoms with Crippen LogP contribution >= 0.6 is 27.5 Å². The molecule has 202 valence electrons. The van der Waals surface area contributed by atoms with E-state index in [9.17, 15) is 18.0 Å². The van der Waals surface area contributed by atoms with Crippen molar-refractivity contribution in [3.63, 3.8) is 0 Å². The van der Waals surface area contributed by atoms with Crippen molar-refractivity contribution in [3.8, 4) is 5.75 Å². The number of halogens is 2. The number of carbonyl (C=O) groups is 2. The smallest absolute Gasteiger partial charge is 0.264 e. The van der Waals surface area contributed by atoms with Gasteiger partial charge in [-0.1, -0.05) is 39.7 Å². The number of hydrogen-bond acceptors (Lipinski definition) is 5. The van der Waals surface area contributed by atoms with Crippen LogP contribution in [0.2, 0.25) is 5.02 Å². The molecule has 1 atom stereocenters. The van der Waals surface area contributed by atoms with E-state index in [2.05, 4.69) is 21.2 Å². The maximum Gasteiger partial charge on any atom is 0.264 e. The van der Waals surface area contributed by atoms with Gasteiger partial charge in [0.2, 0.25) is 11.8 Å². The van der Waals surface area contributed by atoms with Gasteiger partial charge in [-0.3, -0.25) is 13.9 Å². The third-order valence-electron chi connectivity index (χ3n) is 5.77. The van der Waals surface area contributed by atoms with Crippen molar-refractivity contribution in [2.45, 2.75) is 31.3 Å². The molecule has 8 nitrogen and oxygen atoms in total. The normalized spacial score (nSPS) is 11.9. The second-order valence-electron chi connectivity index (χ2n) is 8.33. The molecule has 3 aromatic carbocycles. The van der Waals surface area contributed by atoms with Crippen molar-refractivity contribution >= 4 is 55.1 Å². The van der Waals surface area contributed by atoms with Crippen LogP contribution in [0.1, 0.15) is 19.4 Å². The van der Waals surface area contributed by atoms with Crippen LogP contribution in [0.4, 0.5) is 5.69 Å². The molecule has 3 aromatic rings. The fraction of sp³-hybridized carbons (Fsp3) is 0.259. The Labute approximate surface area is 236 Å². The summed E-state index contributed by atoms with van der Waals surface area (Å²) in [5.41, 5.74) is 1.04. The average molecular weight is 623 g/mol. The first kappa shape index (κ1) is 29.5. The molecule has 0 fully saturated rings. The fourth-order valence-electron chi connectivity index (χ4n) is 3.76. The summed E-state index contributed by atoms with van der Waals surface area (Å²) >= 11 is 9.40.